The zero-order valence-corrected chi connectivity index (χ0v) is 9.96. The van der Waals surface area contributed by atoms with Gasteiger partial charge in [-0.1, -0.05) is 0 Å². The highest BCUT2D eigenvalue weighted by atomic mass is 16.4. The van der Waals surface area contributed by atoms with Crippen LogP contribution in [0, 0.1) is 6.92 Å². The van der Waals surface area contributed by atoms with Crippen LogP contribution in [0.15, 0.2) is 12.4 Å². The number of aryl methyl sites for hydroxylation is 1. The summed E-state index contributed by atoms with van der Waals surface area (Å²) in [4.78, 5) is 32.5. The van der Waals surface area contributed by atoms with Crippen molar-refractivity contribution in [3.8, 4) is 0 Å². The van der Waals surface area contributed by atoms with E-state index in [1.54, 1.807) is 6.92 Å². The van der Waals surface area contributed by atoms with E-state index in [1.165, 1.54) is 17.3 Å². The molecule has 1 fully saturated rings. The van der Waals surface area contributed by atoms with Crippen LogP contribution < -0.4 is 5.32 Å². The Morgan fingerprint density at radius 1 is 1.44 bits per heavy atom. The van der Waals surface area contributed by atoms with Gasteiger partial charge in [0, 0.05) is 25.8 Å². The van der Waals surface area contributed by atoms with Crippen LogP contribution in [-0.4, -0.2) is 57.5 Å². The van der Waals surface area contributed by atoms with Crippen LogP contribution in [0.2, 0.25) is 0 Å². The molecule has 0 aromatic carbocycles. The van der Waals surface area contributed by atoms with Crippen LogP contribution in [0.3, 0.4) is 0 Å². The molecule has 18 heavy (non-hydrogen) atoms. The molecule has 1 aliphatic rings. The zero-order chi connectivity index (χ0) is 13.1. The van der Waals surface area contributed by atoms with Crippen LogP contribution in [0.4, 0.5) is 0 Å². The first-order chi connectivity index (χ1) is 8.59. The van der Waals surface area contributed by atoms with Crippen molar-refractivity contribution in [2.24, 2.45) is 0 Å². The summed E-state index contributed by atoms with van der Waals surface area (Å²) in [6.07, 6.45) is 2.86. The number of hydrogen-bond acceptors (Lipinski definition) is 5. The third-order valence-corrected chi connectivity index (χ3v) is 2.79. The lowest BCUT2D eigenvalue weighted by Gasteiger charge is -2.33. The summed E-state index contributed by atoms with van der Waals surface area (Å²) in [5.41, 5.74) is 0.885. The van der Waals surface area contributed by atoms with Crippen molar-refractivity contribution in [3.05, 3.63) is 23.8 Å². The predicted octanol–water partition coefficient (Wildman–Crippen LogP) is -0.716. The molecule has 7 heteroatoms. The molecule has 1 unspecified atom stereocenters. The van der Waals surface area contributed by atoms with Gasteiger partial charge in [-0.2, -0.15) is 0 Å². The molecule has 1 aromatic rings. The first-order valence-corrected chi connectivity index (χ1v) is 5.62. The van der Waals surface area contributed by atoms with Gasteiger partial charge < -0.3 is 15.3 Å². The number of piperazine rings is 1. The SMILES string of the molecule is Cc1cnc(C(=O)N2CCNCC2C(=O)O)cn1. The number of carboxylic acids is 1. The highest BCUT2D eigenvalue weighted by Crippen LogP contribution is 2.09. The largest absolute Gasteiger partial charge is 0.480 e. The van der Waals surface area contributed by atoms with Crippen molar-refractivity contribution in [1.29, 1.82) is 0 Å². The van der Waals surface area contributed by atoms with Gasteiger partial charge in [0.1, 0.15) is 11.7 Å². The molecule has 2 heterocycles. The second-order valence-electron chi connectivity index (χ2n) is 4.10. The van der Waals surface area contributed by atoms with E-state index in [4.69, 9.17) is 5.11 Å². The van der Waals surface area contributed by atoms with Gasteiger partial charge in [-0.15, -0.1) is 0 Å². The molecule has 1 aliphatic heterocycles. The molecule has 1 aromatic heterocycles. The summed E-state index contributed by atoms with van der Waals surface area (Å²) >= 11 is 0. The van der Waals surface area contributed by atoms with Crippen molar-refractivity contribution in [1.82, 2.24) is 20.2 Å². The summed E-state index contributed by atoms with van der Waals surface area (Å²) in [5.74, 6) is -1.41. The van der Waals surface area contributed by atoms with Crippen molar-refractivity contribution in [2.75, 3.05) is 19.6 Å². The molecular weight excluding hydrogens is 236 g/mol. The van der Waals surface area contributed by atoms with Gasteiger partial charge in [-0.05, 0) is 6.92 Å². The lowest BCUT2D eigenvalue weighted by molar-refractivity contribution is -0.142. The number of amides is 1. The minimum atomic E-state index is -1.02. The van der Waals surface area contributed by atoms with E-state index in [1.807, 2.05) is 0 Å². The highest BCUT2D eigenvalue weighted by molar-refractivity contribution is 5.95. The van der Waals surface area contributed by atoms with Gasteiger partial charge in [0.25, 0.3) is 5.91 Å². The van der Waals surface area contributed by atoms with Gasteiger partial charge in [-0.25, -0.2) is 9.78 Å². The molecule has 1 amide bonds. The Morgan fingerprint density at radius 3 is 2.83 bits per heavy atom. The monoisotopic (exact) mass is 250 g/mol. The zero-order valence-electron chi connectivity index (χ0n) is 9.96. The number of carbonyl (C=O) groups excluding carboxylic acids is 1. The normalized spacial score (nSPS) is 19.6. The first-order valence-electron chi connectivity index (χ1n) is 5.62. The molecule has 0 aliphatic carbocycles. The maximum Gasteiger partial charge on any atom is 0.327 e. The number of nitrogens with zero attached hydrogens (tertiary/aromatic N) is 3. The summed E-state index contributed by atoms with van der Waals surface area (Å²) < 4.78 is 0. The molecule has 0 bridgehead atoms. The van der Waals surface area contributed by atoms with E-state index in [0.29, 0.717) is 18.8 Å². The quantitative estimate of drug-likeness (QED) is 0.719. The van der Waals surface area contributed by atoms with E-state index in [0.717, 1.165) is 0 Å². The van der Waals surface area contributed by atoms with Gasteiger partial charge in [0.2, 0.25) is 0 Å². The third kappa shape index (κ3) is 2.45. The Bertz CT molecular complexity index is 460. The molecule has 2 N–H and O–H groups in total. The lowest BCUT2D eigenvalue weighted by atomic mass is 10.2. The van der Waals surface area contributed by atoms with Gasteiger partial charge in [0.15, 0.2) is 0 Å². The molecule has 0 saturated carbocycles. The number of aromatic nitrogens is 2. The Balaban J connectivity index is 2.20. The van der Waals surface area contributed by atoms with Crippen molar-refractivity contribution < 1.29 is 14.7 Å². The van der Waals surface area contributed by atoms with E-state index >= 15 is 0 Å². The highest BCUT2D eigenvalue weighted by Gasteiger charge is 2.32. The molecule has 1 atom stereocenters. The molecule has 7 nitrogen and oxygen atoms in total. The maximum atomic E-state index is 12.2. The van der Waals surface area contributed by atoms with Crippen LogP contribution in [0.1, 0.15) is 16.2 Å². The summed E-state index contributed by atoms with van der Waals surface area (Å²) in [6.45, 7) is 2.95. The summed E-state index contributed by atoms with van der Waals surface area (Å²) in [6, 6.07) is -0.852. The fourth-order valence-electron chi connectivity index (χ4n) is 1.82. The number of rotatable bonds is 2. The van der Waals surface area contributed by atoms with Crippen molar-refractivity contribution in [3.63, 3.8) is 0 Å². The van der Waals surface area contributed by atoms with Crippen LogP contribution >= 0.6 is 0 Å². The number of carboxylic acid groups (broad SMARTS) is 1. The number of nitrogens with one attached hydrogen (secondary N) is 1. The average Bonchev–Trinajstić information content (AvgIpc) is 2.39. The van der Waals surface area contributed by atoms with Crippen LogP contribution in [-0.2, 0) is 4.79 Å². The Labute approximate surface area is 104 Å². The van der Waals surface area contributed by atoms with Gasteiger partial charge in [0.05, 0.1) is 11.9 Å². The van der Waals surface area contributed by atoms with Crippen molar-refractivity contribution >= 4 is 11.9 Å². The number of aliphatic carboxylic acids is 1. The van der Waals surface area contributed by atoms with E-state index in [-0.39, 0.29) is 12.2 Å². The Kier molecular flexibility index (Phi) is 3.52. The fraction of sp³-hybridized carbons (Fsp3) is 0.455. The molecule has 96 valence electrons. The van der Waals surface area contributed by atoms with E-state index in [9.17, 15) is 9.59 Å². The minimum absolute atomic E-state index is 0.175. The van der Waals surface area contributed by atoms with Crippen molar-refractivity contribution in [2.45, 2.75) is 13.0 Å². The van der Waals surface area contributed by atoms with Gasteiger partial charge >= 0.3 is 5.97 Å². The average molecular weight is 250 g/mol. The van der Waals surface area contributed by atoms with E-state index in [2.05, 4.69) is 15.3 Å². The molecule has 1 saturated heterocycles. The smallest absolute Gasteiger partial charge is 0.327 e. The summed E-state index contributed by atoms with van der Waals surface area (Å²) in [7, 11) is 0. The third-order valence-electron chi connectivity index (χ3n) is 2.79. The summed E-state index contributed by atoms with van der Waals surface area (Å²) in [5, 5.41) is 12.0. The standard InChI is InChI=1S/C11H14N4O3/c1-7-4-14-8(5-13-7)10(16)15-3-2-12-6-9(15)11(17)18/h4-5,9,12H,2-3,6H2,1H3,(H,17,18). The Hall–Kier alpha value is -2.02. The molecule has 2 rings (SSSR count). The molecular formula is C11H14N4O3. The number of hydrogen-bond donors (Lipinski definition) is 2. The second kappa shape index (κ2) is 5.09. The maximum absolute atomic E-state index is 12.2. The first kappa shape index (κ1) is 12.4. The second-order valence-corrected chi connectivity index (χ2v) is 4.10. The molecule has 0 radical (unpaired) electrons. The minimum Gasteiger partial charge on any atom is -0.480 e. The van der Waals surface area contributed by atoms with Gasteiger partial charge in [-0.3, -0.25) is 9.78 Å². The van der Waals surface area contributed by atoms with Crippen LogP contribution in [0.25, 0.3) is 0 Å². The topological polar surface area (TPSA) is 95.4 Å². The van der Waals surface area contributed by atoms with Crippen LogP contribution in [0.5, 0.6) is 0 Å². The Morgan fingerprint density at radius 2 is 2.22 bits per heavy atom. The van der Waals surface area contributed by atoms with E-state index < -0.39 is 17.9 Å². The fourth-order valence-corrected chi connectivity index (χ4v) is 1.82. The molecule has 0 spiro atoms. The predicted molar refractivity (Wildman–Crippen MR) is 62.1 cm³/mol. The lowest BCUT2D eigenvalue weighted by Crippen LogP contribution is -2.57. The number of carbonyl (C=O) groups is 2.